The van der Waals surface area contributed by atoms with Gasteiger partial charge in [-0.25, -0.2) is 4.68 Å². The van der Waals surface area contributed by atoms with Crippen LogP contribution in [0.2, 0.25) is 0 Å². The minimum absolute atomic E-state index is 0.493. The van der Waals surface area contributed by atoms with E-state index in [-0.39, 0.29) is 0 Å². The lowest BCUT2D eigenvalue weighted by Gasteiger charge is -2.25. The Hall–Kier alpha value is -3.02. The quantitative estimate of drug-likeness (QED) is 0.563. The normalized spacial score (nSPS) is 14.8. The summed E-state index contributed by atoms with van der Waals surface area (Å²) in [6.07, 6.45) is 3.64. The van der Waals surface area contributed by atoms with Crippen LogP contribution < -0.4 is 0 Å². The topological polar surface area (TPSA) is 69.6 Å². The summed E-state index contributed by atoms with van der Waals surface area (Å²) in [5.74, 6) is 1.10. The van der Waals surface area contributed by atoms with Crippen molar-refractivity contribution in [1.82, 2.24) is 25.1 Å². The second-order valence-corrected chi connectivity index (χ2v) is 6.56. The molecule has 0 bridgehead atoms. The van der Waals surface area contributed by atoms with Crippen molar-refractivity contribution in [3.63, 3.8) is 0 Å². The second-order valence-electron chi connectivity index (χ2n) is 6.56. The molecule has 0 spiro atoms. The maximum Gasteiger partial charge on any atom is 0.258 e. The highest BCUT2D eigenvalue weighted by Gasteiger charge is 2.23. The minimum atomic E-state index is 0.493. The van der Waals surface area contributed by atoms with Crippen molar-refractivity contribution < 1.29 is 4.52 Å². The van der Waals surface area contributed by atoms with E-state index in [1.54, 1.807) is 0 Å². The van der Waals surface area contributed by atoms with E-state index in [9.17, 15) is 0 Å². The first-order valence-electron chi connectivity index (χ1n) is 8.54. The van der Waals surface area contributed by atoms with Crippen LogP contribution in [0.3, 0.4) is 0 Å². The highest BCUT2D eigenvalue weighted by atomic mass is 16.5. The van der Waals surface area contributed by atoms with Gasteiger partial charge in [0.15, 0.2) is 0 Å². The molecule has 1 saturated carbocycles. The molecule has 2 aromatic heterocycles. The zero-order valence-electron chi connectivity index (χ0n) is 13.9. The van der Waals surface area contributed by atoms with E-state index in [1.165, 1.54) is 19.3 Å². The minimum Gasteiger partial charge on any atom is -0.334 e. The molecule has 6 nitrogen and oxygen atoms in total. The summed E-state index contributed by atoms with van der Waals surface area (Å²) in [5.41, 5.74) is 4.89. The standard InChI is InChI=1S/C19H17N5O/c1-12-5-2-3-8-15(12)18-20-19(25-22-18)13-9-10-17-16(11-13)21-23-24(17)14-6-4-7-14/h2-3,5,8-11,14H,4,6-7H2,1H3. The van der Waals surface area contributed by atoms with Gasteiger partial charge in [-0.1, -0.05) is 34.6 Å². The maximum absolute atomic E-state index is 5.48. The van der Waals surface area contributed by atoms with Gasteiger partial charge in [-0.3, -0.25) is 0 Å². The Bertz CT molecular complexity index is 1060. The number of hydrogen-bond acceptors (Lipinski definition) is 5. The summed E-state index contributed by atoms with van der Waals surface area (Å²) in [5, 5.41) is 12.8. The van der Waals surface area contributed by atoms with Gasteiger partial charge in [0.05, 0.1) is 11.6 Å². The molecule has 1 fully saturated rings. The summed E-state index contributed by atoms with van der Waals surface area (Å²) in [4.78, 5) is 4.55. The van der Waals surface area contributed by atoms with Crippen LogP contribution in [0.1, 0.15) is 30.9 Å². The van der Waals surface area contributed by atoms with Crippen LogP contribution in [0.5, 0.6) is 0 Å². The van der Waals surface area contributed by atoms with Crippen LogP contribution in [-0.2, 0) is 0 Å². The Kier molecular flexibility index (Phi) is 3.16. The van der Waals surface area contributed by atoms with E-state index in [2.05, 4.69) is 20.5 Å². The number of aryl methyl sites for hydroxylation is 1. The first-order valence-corrected chi connectivity index (χ1v) is 8.54. The number of benzene rings is 2. The van der Waals surface area contributed by atoms with E-state index in [1.807, 2.05) is 54.1 Å². The van der Waals surface area contributed by atoms with E-state index >= 15 is 0 Å². The molecular formula is C19H17N5O. The zero-order chi connectivity index (χ0) is 16.8. The third kappa shape index (κ3) is 2.33. The monoisotopic (exact) mass is 331 g/mol. The highest BCUT2D eigenvalue weighted by molar-refractivity contribution is 5.80. The van der Waals surface area contributed by atoms with Gasteiger partial charge in [0, 0.05) is 11.1 Å². The average Bonchev–Trinajstić information content (AvgIpc) is 3.21. The van der Waals surface area contributed by atoms with Gasteiger partial charge in [0.25, 0.3) is 5.89 Å². The van der Waals surface area contributed by atoms with Crippen molar-refractivity contribution in [2.75, 3.05) is 0 Å². The third-order valence-corrected chi connectivity index (χ3v) is 4.95. The Labute approximate surface area is 144 Å². The molecule has 1 aliphatic carbocycles. The molecule has 0 saturated heterocycles. The number of nitrogens with zero attached hydrogens (tertiary/aromatic N) is 5. The van der Waals surface area contributed by atoms with Crippen LogP contribution in [0.25, 0.3) is 33.9 Å². The van der Waals surface area contributed by atoms with Crippen molar-refractivity contribution in [1.29, 1.82) is 0 Å². The van der Waals surface area contributed by atoms with Crippen LogP contribution >= 0.6 is 0 Å². The predicted molar refractivity (Wildman–Crippen MR) is 93.9 cm³/mol. The van der Waals surface area contributed by atoms with Gasteiger partial charge < -0.3 is 4.52 Å². The molecule has 0 radical (unpaired) electrons. The molecule has 1 aliphatic rings. The third-order valence-electron chi connectivity index (χ3n) is 4.95. The molecule has 0 atom stereocenters. The molecule has 0 aliphatic heterocycles. The lowest BCUT2D eigenvalue weighted by atomic mass is 9.93. The van der Waals surface area contributed by atoms with Crippen molar-refractivity contribution >= 4 is 11.0 Å². The molecule has 2 heterocycles. The molecular weight excluding hydrogens is 314 g/mol. The van der Waals surface area contributed by atoms with Crippen molar-refractivity contribution in [2.24, 2.45) is 0 Å². The molecule has 6 heteroatoms. The number of fused-ring (bicyclic) bond motifs is 1. The Morgan fingerprint density at radius 3 is 2.80 bits per heavy atom. The van der Waals surface area contributed by atoms with Gasteiger partial charge in [0.2, 0.25) is 5.82 Å². The molecule has 2 aromatic carbocycles. The van der Waals surface area contributed by atoms with Crippen LogP contribution in [-0.4, -0.2) is 25.1 Å². The van der Waals surface area contributed by atoms with Gasteiger partial charge >= 0.3 is 0 Å². The Balaban J connectivity index is 1.52. The maximum atomic E-state index is 5.48. The van der Waals surface area contributed by atoms with Crippen LogP contribution in [0.4, 0.5) is 0 Å². The Morgan fingerprint density at radius 1 is 1.12 bits per heavy atom. The second kappa shape index (κ2) is 5.51. The van der Waals surface area contributed by atoms with Gasteiger partial charge in [-0.15, -0.1) is 5.10 Å². The van der Waals surface area contributed by atoms with Crippen molar-refractivity contribution in [3.8, 4) is 22.8 Å². The zero-order valence-corrected chi connectivity index (χ0v) is 13.9. The fourth-order valence-electron chi connectivity index (χ4n) is 3.25. The van der Waals surface area contributed by atoms with E-state index in [0.29, 0.717) is 17.8 Å². The predicted octanol–water partition coefficient (Wildman–Crippen LogP) is 4.18. The van der Waals surface area contributed by atoms with E-state index in [0.717, 1.165) is 27.7 Å². The fraction of sp³-hybridized carbons (Fsp3) is 0.263. The summed E-state index contributed by atoms with van der Waals surface area (Å²) in [6.45, 7) is 2.04. The van der Waals surface area contributed by atoms with E-state index < -0.39 is 0 Å². The molecule has 25 heavy (non-hydrogen) atoms. The summed E-state index contributed by atoms with van der Waals surface area (Å²) < 4.78 is 7.52. The van der Waals surface area contributed by atoms with Gasteiger partial charge in [-0.2, -0.15) is 4.98 Å². The first-order chi connectivity index (χ1) is 12.3. The van der Waals surface area contributed by atoms with Gasteiger partial charge in [-0.05, 0) is 49.9 Å². The molecule has 5 rings (SSSR count). The number of rotatable bonds is 3. The molecule has 0 unspecified atom stereocenters. The largest absolute Gasteiger partial charge is 0.334 e. The van der Waals surface area contributed by atoms with Crippen molar-refractivity contribution in [3.05, 3.63) is 48.0 Å². The molecule has 0 N–H and O–H groups in total. The summed E-state index contributed by atoms with van der Waals surface area (Å²) >= 11 is 0. The number of hydrogen-bond donors (Lipinski definition) is 0. The highest BCUT2D eigenvalue weighted by Crippen LogP contribution is 2.34. The van der Waals surface area contributed by atoms with Crippen molar-refractivity contribution in [2.45, 2.75) is 32.2 Å². The van der Waals surface area contributed by atoms with Crippen LogP contribution in [0.15, 0.2) is 47.0 Å². The molecule has 124 valence electrons. The lowest BCUT2D eigenvalue weighted by Crippen LogP contribution is -2.18. The van der Waals surface area contributed by atoms with Crippen LogP contribution in [0, 0.1) is 6.92 Å². The number of aromatic nitrogens is 5. The fourth-order valence-corrected chi connectivity index (χ4v) is 3.25. The van der Waals surface area contributed by atoms with Gasteiger partial charge in [0.1, 0.15) is 5.52 Å². The smallest absolute Gasteiger partial charge is 0.258 e. The summed E-state index contributed by atoms with van der Waals surface area (Å²) in [7, 11) is 0. The molecule has 0 amide bonds. The summed E-state index contributed by atoms with van der Waals surface area (Å²) in [6, 6.07) is 14.5. The SMILES string of the molecule is Cc1ccccc1-c1noc(-c2ccc3c(c2)nnn3C2CCC2)n1. The van der Waals surface area contributed by atoms with E-state index in [4.69, 9.17) is 4.52 Å². The lowest BCUT2D eigenvalue weighted by molar-refractivity contribution is 0.292. The molecule has 4 aromatic rings. The average molecular weight is 331 g/mol. The first kappa shape index (κ1) is 14.3. The Morgan fingerprint density at radius 2 is 2.00 bits per heavy atom.